The number of halogens is 1. The second-order valence-electron chi connectivity index (χ2n) is 5.72. The normalized spacial score (nSPS) is 11.4. The molecule has 1 amide bonds. The Morgan fingerprint density at radius 3 is 2.44 bits per heavy atom. The lowest BCUT2D eigenvalue weighted by Gasteiger charge is -2.15. The summed E-state index contributed by atoms with van der Waals surface area (Å²) >= 11 is 5.87. The minimum atomic E-state index is -0.980. The van der Waals surface area contributed by atoms with Crippen LogP contribution in [0.3, 0.4) is 0 Å². The van der Waals surface area contributed by atoms with E-state index in [9.17, 15) is 9.59 Å². The van der Waals surface area contributed by atoms with Crippen LogP contribution in [0.25, 0.3) is 0 Å². The molecule has 0 aromatic heterocycles. The predicted octanol–water partition coefficient (Wildman–Crippen LogP) is 4.08. The smallest absolute Gasteiger partial charge is 0.344 e. The van der Waals surface area contributed by atoms with Crippen molar-refractivity contribution >= 4 is 29.2 Å². The molecule has 1 atom stereocenters. The average Bonchev–Trinajstić information content (AvgIpc) is 2.65. The number of benzene rings is 2. The van der Waals surface area contributed by atoms with Crippen molar-refractivity contribution in [1.82, 2.24) is 0 Å². The van der Waals surface area contributed by atoms with Crippen molar-refractivity contribution in [3.05, 3.63) is 53.6 Å². The third-order valence-electron chi connectivity index (χ3n) is 3.43. The van der Waals surface area contributed by atoms with E-state index in [2.05, 4.69) is 5.32 Å². The summed E-state index contributed by atoms with van der Waals surface area (Å²) in [5, 5.41) is 3.13. The topological polar surface area (TPSA) is 73.9 Å². The van der Waals surface area contributed by atoms with Gasteiger partial charge < -0.3 is 19.5 Å². The highest BCUT2D eigenvalue weighted by Gasteiger charge is 2.19. The van der Waals surface area contributed by atoms with E-state index in [1.54, 1.807) is 42.5 Å². The average molecular weight is 392 g/mol. The first-order valence-corrected chi connectivity index (χ1v) is 8.98. The van der Waals surface area contributed by atoms with Crippen LogP contribution in [-0.2, 0) is 14.3 Å². The zero-order valence-corrected chi connectivity index (χ0v) is 16.0. The van der Waals surface area contributed by atoms with Crippen LogP contribution < -0.4 is 14.8 Å². The highest BCUT2D eigenvalue weighted by Crippen LogP contribution is 2.26. The molecule has 6 nitrogen and oxygen atoms in total. The molecule has 0 spiro atoms. The SMILES string of the molecule is CCCOc1ccccc1OCC(=O)O[C@H](C)C(=O)Nc1cccc(Cl)c1. The molecule has 0 unspecified atom stereocenters. The molecule has 1 N–H and O–H groups in total. The molecule has 7 heteroatoms. The fourth-order valence-electron chi connectivity index (χ4n) is 2.13. The lowest BCUT2D eigenvalue weighted by molar-refractivity contribution is -0.155. The van der Waals surface area contributed by atoms with E-state index in [1.165, 1.54) is 6.92 Å². The number of esters is 1. The minimum absolute atomic E-state index is 0.332. The van der Waals surface area contributed by atoms with Gasteiger partial charge in [0.15, 0.2) is 24.2 Å². The maximum absolute atomic E-state index is 12.1. The van der Waals surface area contributed by atoms with Crippen LogP contribution in [-0.4, -0.2) is 31.2 Å². The molecule has 0 aliphatic rings. The van der Waals surface area contributed by atoms with Crippen molar-refractivity contribution in [3.8, 4) is 11.5 Å². The largest absolute Gasteiger partial charge is 0.490 e. The Morgan fingerprint density at radius 2 is 1.78 bits per heavy atom. The fourth-order valence-corrected chi connectivity index (χ4v) is 2.32. The molecule has 27 heavy (non-hydrogen) atoms. The Morgan fingerprint density at radius 1 is 1.07 bits per heavy atom. The Balaban J connectivity index is 1.83. The van der Waals surface area contributed by atoms with Crippen LogP contribution in [0.15, 0.2) is 48.5 Å². The van der Waals surface area contributed by atoms with Crippen molar-refractivity contribution in [2.45, 2.75) is 26.4 Å². The van der Waals surface area contributed by atoms with E-state index in [0.717, 1.165) is 6.42 Å². The van der Waals surface area contributed by atoms with Crippen LogP contribution >= 0.6 is 11.6 Å². The van der Waals surface area contributed by atoms with E-state index in [-0.39, 0.29) is 6.61 Å². The summed E-state index contributed by atoms with van der Waals surface area (Å²) in [6.07, 6.45) is -0.123. The number of para-hydroxylation sites is 2. The number of hydrogen-bond acceptors (Lipinski definition) is 5. The molecule has 0 fully saturated rings. The third-order valence-corrected chi connectivity index (χ3v) is 3.66. The number of anilines is 1. The number of carbonyl (C=O) groups excluding carboxylic acids is 2. The second kappa shape index (κ2) is 10.4. The maximum atomic E-state index is 12.1. The first kappa shape index (κ1) is 20.6. The molecule has 0 bridgehead atoms. The molecule has 0 saturated heterocycles. The van der Waals surface area contributed by atoms with Crippen LogP contribution in [0, 0.1) is 0 Å². The van der Waals surface area contributed by atoms with Gasteiger partial charge in [-0.3, -0.25) is 4.79 Å². The van der Waals surface area contributed by atoms with E-state index >= 15 is 0 Å². The van der Waals surface area contributed by atoms with Gasteiger partial charge in [0, 0.05) is 10.7 Å². The molecule has 0 heterocycles. The van der Waals surface area contributed by atoms with E-state index < -0.39 is 18.0 Å². The standard InChI is InChI=1S/C20H22ClNO5/c1-3-11-25-17-9-4-5-10-18(17)26-13-19(23)27-14(2)20(24)22-16-8-6-7-15(21)12-16/h4-10,12,14H,3,11,13H2,1-2H3,(H,22,24)/t14-/m1/s1. The Kier molecular flexibility index (Phi) is 7.95. The summed E-state index contributed by atoms with van der Waals surface area (Å²) in [4.78, 5) is 24.1. The van der Waals surface area contributed by atoms with E-state index in [1.807, 2.05) is 13.0 Å². The van der Waals surface area contributed by atoms with Gasteiger partial charge in [-0.25, -0.2) is 4.79 Å². The summed E-state index contributed by atoms with van der Waals surface area (Å²) in [6, 6.07) is 13.8. The molecular weight excluding hydrogens is 370 g/mol. The zero-order chi connectivity index (χ0) is 19.6. The highest BCUT2D eigenvalue weighted by molar-refractivity contribution is 6.30. The second-order valence-corrected chi connectivity index (χ2v) is 6.15. The maximum Gasteiger partial charge on any atom is 0.344 e. The Labute approximate surface area is 163 Å². The van der Waals surface area contributed by atoms with Crippen molar-refractivity contribution in [2.24, 2.45) is 0 Å². The van der Waals surface area contributed by atoms with E-state index in [4.69, 9.17) is 25.8 Å². The Hall–Kier alpha value is -2.73. The monoisotopic (exact) mass is 391 g/mol. The number of nitrogens with one attached hydrogen (secondary N) is 1. The van der Waals surface area contributed by atoms with Crippen molar-refractivity contribution < 1.29 is 23.8 Å². The molecule has 2 aromatic rings. The van der Waals surface area contributed by atoms with Gasteiger partial charge in [0.25, 0.3) is 5.91 Å². The van der Waals surface area contributed by atoms with Gasteiger partial charge in [-0.15, -0.1) is 0 Å². The molecule has 0 aliphatic heterocycles. The van der Waals surface area contributed by atoms with Crippen molar-refractivity contribution in [2.75, 3.05) is 18.5 Å². The number of carbonyl (C=O) groups is 2. The van der Waals surface area contributed by atoms with Crippen molar-refractivity contribution in [1.29, 1.82) is 0 Å². The molecule has 0 radical (unpaired) electrons. The van der Waals surface area contributed by atoms with E-state index in [0.29, 0.717) is 28.8 Å². The van der Waals surface area contributed by atoms with Gasteiger partial charge in [-0.1, -0.05) is 36.7 Å². The van der Waals surface area contributed by atoms with Crippen LogP contribution in [0.2, 0.25) is 5.02 Å². The molecule has 2 rings (SSSR count). The summed E-state index contributed by atoms with van der Waals surface area (Å²) in [5.41, 5.74) is 0.522. The number of amides is 1. The van der Waals surface area contributed by atoms with Gasteiger partial charge in [0.1, 0.15) is 0 Å². The van der Waals surface area contributed by atoms with Gasteiger partial charge in [0.2, 0.25) is 0 Å². The predicted molar refractivity (Wildman–Crippen MR) is 103 cm³/mol. The van der Waals surface area contributed by atoms with Crippen LogP contribution in [0.1, 0.15) is 20.3 Å². The summed E-state index contributed by atoms with van der Waals surface area (Å²) in [5.74, 6) is -0.121. The first-order chi connectivity index (χ1) is 13.0. The first-order valence-electron chi connectivity index (χ1n) is 8.60. The fraction of sp³-hybridized carbons (Fsp3) is 0.300. The lowest BCUT2D eigenvalue weighted by atomic mass is 10.3. The van der Waals surface area contributed by atoms with Crippen molar-refractivity contribution in [3.63, 3.8) is 0 Å². The van der Waals surface area contributed by atoms with Gasteiger partial charge >= 0.3 is 5.97 Å². The highest BCUT2D eigenvalue weighted by atomic mass is 35.5. The molecule has 144 valence electrons. The number of hydrogen-bond donors (Lipinski definition) is 1. The molecule has 2 aromatic carbocycles. The number of rotatable bonds is 9. The molecule has 0 aliphatic carbocycles. The third kappa shape index (κ3) is 6.83. The minimum Gasteiger partial charge on any atom is -0.490 e. The summed E-state index contributed by atoms with van der Waals surface area (Å²) in [7, 11) is 0. The van der Waals surface area contributed by atoms with Gasteiger partial charge in [0.05, 0.1) is 6.61 Å². The number of ether oxygens (including phenoxy) is 3. The lowest BCUT2D eigenvalue weighted by Crippen LogP contribution is -2.31. The van der Waals surface area contributed by atoms with Gasteiger partial charge in [-0.2, -0.15) is 0 Å². The quantitative estimate of drug-likeness (QED) is 0.652. The Bertz CT molecular complexity index is 780. The summed E-state index contributed by atoms with van der Waals surface area (Å²) in [6.45, 7) is 3.69. The van der Waals surface area contributed by atoms with Crippen LogP contribution in [0.5, 0.6) is 11.5 Å². The van der Waals surface area contributed by atoms with Crippen LogP contribution in [0.4, 0.5) is 5.69 Å². The molecule has 0 saturated carbocycles. The zero-order valence-electron chi connectivity index (χ0n) is 15.2. The summed E-state index contributed by atoms with van der Waals surface area (Å²) < 4.78 is 16.1. The molecular formula is C20H22ClNO5. The van der Waals surface area contributed by atoms with Gasteiger partial charge in [-0.05, 0) is 43.7 Å².